The maximum atomic E-state index is 14.3. The molecule has 9 unspecified atom stereocenters. The van der Waals surface area contributed by atoms with Gasteiger partial charge < -0.3 is 20.8 Å². The molecular weight excluding hydrogens is 624 g/mol. The smallest absolute Gasteiger partial charge is 0.335 e. The van der Waals surface area contributed by atoms with E-state index in [-0.39, 0.29) is 39.7 Å². The Labute approximate surface area is 298 Å². The van der Waals surface area contributed by atoms with Crippen molar-refractivity contribution >= 4 is 17.8 Å². The lowest BCUT2D eigenvalue weighted by molar-refractivity contribution is -0.214. The predicted octanol–water partition coefficient (Wildman–Crippen LogP) is 7.80. The first-order valence-electron chi connectivity index (χ1n) is 19.5. The monoisotopic (exact) mass is 682 g/mol. The van der Waals surface area contributed by atoms with Crippen LogP contribution in [0.25, 0.3) is 0 Å². The average Bonchev–Trinajstić information content (AvgIpc) is 3.55. The molecule has 5 aliphatic carbocycles. The summed E-state index contributed by atoms with van der Waals surface area (Å²) in [5.41, 5.74) is 2.84. The van der Waals surface area contributed by atoms with Crippen molar-refractivity contribution in [3.63, 3.8) is 0 Å². The number of hydrogen-bond acceptors (Lipinski definition) is 4. The zero-order valence-corrected chi connectivity index (χ0v) is 30.6. The number of rotatable bonds is 8. The number of nitrogens with one attached hydrogen (secondary N) is 2. The number of carboxylic acids is 1. The molecule has 270 valence electrons. The Kier molecular flexibility index (Phi) is 9.23. The van der Waals surface area contributed by atoms with Crippen molar-refractivity contribution in [1.82, 2.24) is 10.6 Å². The van der Waals surface area contributed by atoms with Gasteiger partial charge in [0.1, 0.15) is 0 Å². The SMILES string of the molecule is CC1(C)C(O)CCC2(C)C1CCC1(C)C3CCC4(C(=O)NCc5cccc(C(=O)NCCc6cccc(C(=O)O)c6)c5)CCCC4C3CCC12. The minimum Gasteiger partial charge on any atom is -0.478 e. The van der Waals surface area contributed by atoms with Crippen LogP contribution in [0.15, 0.2) is 48.5 Å². The lowest BCUT2D eigenvalue weighted by Crippen LogP contribution is -2.63. The van der Waals surface area contributed by atoms with Crippen molar-refractivity contribution in [3.8, 4) is 0 Å². The van der Waals surface area contributed by atoms with Gasteiger partial charge in [0.15, 0.2) is 0 Å². The Hall–Kier alpha value is -3.19. The number of fused-ring (bicyclic) bond motifs is 7. The summed E-state index contributed by atoms with van der Waals surface area (Å²) >= 11 is 0. The van der Waals surface area contributed by atoms with E-state index >= 15 is 0 Å². The number of benzene rings is 2. The van der Waals surface area contributed by atoms with E-state index in [1.54, 1.807) is 24.3 Å². The second kappa shape index (κ2) is 13.1. The summed E-state index contributed by atoms with van der Waals surface area (Å²) < 4.78 is 0. The highest BCUT2D eigenvalue weighted by molar-refractivity contribution is 5.94. The third kappa shape index (κ3) is 5.80. The second-order valence-electron chi connectivity index (χ2n) is 18.0. The molecule has 0 bridgehead atoms. The van der Waals surface area contributed by atoms with Gasteiger partial charge in [-0.25, -0.2) is 4.79 Å². The molecule has 50 heavy (non-hydrogen) atoms. The molecule has 5 fully saturated rings. The normalized spacial score (nSPS) is 37.0. The van der Waals surface area contributed by atoms with Crippen molar-refractivity contribution in [3.05, 3.63) is 70.8 Å². The van der Waals surface area contributed by atoms with E-state index in [1.807, 2.05) is 24.3 Å². The van der Waals surface area contributed by atoms with Crippen LogP contribution in [0.1, 0.15) is 130 Å². The standard InChI is InChI=1S/C43H58N2O5/c1-40(2)34-16-20-41(3)32-15-22-43(19-7-12-33(43)31(32)13-14-35(41)42(34,4)21-17-36(40)46)39(50)45-26-28-9-6-10-29(25-28)37(47)44-23-18-27-8-5-11-30(24-27)38(48)49/h5-6,8-11,24-25,31-36,46H,7,12-23,26H2,1-4H3,(H,44,47)(H,45,50)(H,48,49). The molecule has 2 aromatic carbocycles. The van der Waals surface area contributed by atoms with Crippen molar-refractivity contribution < 1.29 is 24.6 Å². The van der Waals surface area contributed by atoms with Gasteiger partial charge in [0.2, 0.25) is 5.91 Å². The molecule has 9 atom stereocenters. The summed E-state index contributed by atoms with van der Waals surface area (Å²) in [5, 5.41) is 26.5. The molecule has 7 rings (SSSR count). The van der Waals surface area contributed by atoms with E-state index in [1.165, 1.54) is 25.7 Å². The summed E-state index contributed by atoms with van der Waals surface area (Å²) in [5.74, 6) is 2.06. The van der Waals surface area contributed by atoms with Gasteiger partial charge in [-0.2, -0.15) is 0 Å². The number of hydrogen-bond donors (Lipinski definition) is 4. The summed E-state index contributed by atoms with van der Waals surface area (Å²) in [6.07, 6.45) is 12.8. The van der Waals surface area contributed by atoms with Gasteiger partial charge in [0.05, 0.1) is 17.1 Å². The number of amides is 2. The number of carbonyl (C=O) groups is 3. The number of aromatic carboxylic acids is 1. The maximum Gasteiger partial charge on any atom is 0.335 e. The minimum absolute atomic E-state index is 0.0301. The first kappa shape index (κ1) is 35.2. The number of aliphatic hydroxyl groups excluding tert-OH is 1. The quantitative estimate of drug-likeness (QED) is 0.227. The van der Waals surface area contributed by atoms with Crippen LogP contribution in [-0.4, -0.2) is 40.6 Å². The van der Waals surface area contributed by atoms with E-state index in [4.69, 9.17) is 0 Å². The van der Waals surface area contributed by atoms with Gasteiger partial charge >= 0.3 is 5.97 Å². The van der Waals surface area contributed by atoms with Crippen molar-refractivity contribution in [1.29, 1.82) is 0 Å². The van der Waals surface area contributed by atoms with Gasteiger partial charge in [-0.05, 0) is 152 Å². The third-order valence-corrected chi connectivity index (χ3v) is 15.5. The van der Waals surface area contributed by atoms with Crippen LogP contribution in [0, 0.1) is 51.2 Å². The fourth-order valence-corrected chi connectivity index (χ4v) is 13.1. The molecule has 7 nitrogen and oxygen atoms in total. The van der Waals surface area contributed by atoms with E-state index in [9.17, 15) is 24.6 Å². The Balaban J connectivity index is 0.985. The summed E-state index contributed by atoms with van der Waals surface area (Å²) in [4.78, 5) is 38.5. The van der Waals surface area contributed by atoms with Crippen molar-refractivity contribution in [2.24, 2.45) is 51.2 Å². The largest absolute Gasteiger partial charge is 0.478 e. The number of aliphatic hydroxyl groups is 1. The fraction of sp³-hybridized carbons (Fsp3) is 0.651. The first-order valence-corrected chi connectivity index (χ1v) is 19.5. The zero-order valence-electron chi connectivity index (χ0n) is 30.6. The highest BCUT2D eigenvalue weighted by Gasteiger charge is 2.67. The topological polar surface area (TPSA) is 116 Å². The van der Waals surface area contributed by atoms with Gasteiger partial charge in [-0.1, -0.05) is 58.4 Å². The summed E-state index contributed by atoms with van der Waals surface area (Å²) in [7, 11) is 0. The Bertz CT molecular complexity index is 1640. The molecule has 2 aromatic rings. The molecule has 0 aromatic heterocycles. The molecule has 2 amide bonds. The fourth-order valence-electron chi connectivity index (χ4n) is 13.1. The van der Waals surface area contributed by atoms with Crippen LogP contribution in [0.4, 0.5) is 0 Å². The van der Waals surface area contributed by atoms with E-state index < -0.39 is 5.97 Å². The van der Waals surface area contributed by atoms with Crippen molar-refractivity contribution in [2.45, 2.75) is 117 Å². The van der Waals surface area contributed by atoms with Gasteiger partial charge in [0.25, 0.3) is 5.91 Å². The highest BCUT2D eigenvalue weighted by Crippen LogP contribution is 2.73. The van der Waals surface area contributed by atoms with Crippen LogP contribution < -0.4 is 10.6 Å². The van der Waals surface area contributed by atoms with Gasteiger partial charge in [-0.3, -0.25) is 9.59 Å². The average molecular weight is 683 g/mol. The van der Waals surface area contributed by atoms with Gasteiger partial charge in [0, 0.05) is 18.7 Å². The molecule has 0 spiro atoms. The number of carboxylic acid groups (broad SMARTS) is 1. The first-order chi connectivity index (χ1) is 23.8. The maximum absolute atomic E-state index is 14.3. The number of carbonyl (C=O) groups excluding carboxylic acids is 2. The lowest BCUT2D eigenvalue weighted by atomic mass is 9.36. The van der Waals surface area contributed by atoms with Crippen LogP contribution >= 0.6 is 0 Å². The minimum atomic E-state index is -0.963. The van der Waals surface area contributed by atoms with Crippen LogP contribution in [0.5, 0.6) is 0 Å². The third-order valence-electron chi connectivity index (χ3n) is 15.5. The van der Waals surface area contributed by atoms with E-state index in [0.29, 0.717) is 60.1 Å². The van der Waals surface area contributed by atoms with Gasteiger partial charge in [-0.15, -0.1) is 0 Å². The molecule has 4 N–H and O–H groups in total. The molecule has 0 saturated heterocycles. The summed E-state index contributed by atoms with van der Waals surface area (Å²) in [6, 6.07) is 14.3. The molecule has 7 heteroatoms. The Morgan fingerprint density at radius 3 is 2.24 bits per heavy atom. The Morgan fingerprint density at radius 2 is 1.46 bits per heavy atom. The van der Waals surface area contributed by atoms with Crippen LogP contribution in [-0.2, 0) is 17.8 Å². The zero-order chi connectivity index (χ0) is 35.5. The molecule has 5 saturated carbocycles. The van der Waals surface area contributed by atoms with E-state index in [2.05, 4.69) is 38.3 Å². The highest BCUT2D eigenvalue weighted by atomic mass is 16.4. The van der Waals surface area contributed by atoms with E-state index in [0.717, 1.165) is 56.1 Å². The summed E-state index contributed by atoms with van der Waals surface area (Å²) in [6.45, 7) is 10.6. The second-order valence-corrected chi connectivity index (χ2v) is 18.0. The predicted molar refractivity (Wildman–Crippen MR) is 194 cm³/mol. The molecule has 0 aliphatic heterocycles. The molecular formula is C43H58N2O5. The van der Waals surface area contributed by atoms with Crippen LogP contribution in [0.2, 0.25) is 0 Å². The lowest BCUT2D eigenvalue weighted by Gasteiger charge is -2.69. The molecule has 0 heterocycles. The molecule has 0 radical (unpaired) electrons. The van der Waals surface area contributed by atoms with Crippen molar-refractivity contribution in [2.75, 3.05) is 6.54 Å². The van der Waals surface area contributed by atoms with Crippen LogP contribution in [0.3, 0.4) is 0 Å². The molecule has 5 aliphatic rings. The Morgan fingerprint density at radius 1 is 0.740 bits per heavy atom.